The summed E-state index contributed by atoms with van der Waals surface area (Å²) in [6, 6.07) is 12.7. The van der Waals surface area contributed by atoms with Crippen LogP contribution < -0.4 is 29.7 Å². The summed E-state index contributed by atoms with van der Waals surface area (Å²) >= 11 is 0. The molecular weight excluding hydrogens is 533 g/mol. The standard InChI is InChI=1S/C22H28F2N4O3.HI/c1-25-22(26-13-15-7-6-10-19(29-2)20(15)30-3)27-16-11-12-28(14-16)17-8-4-5-9-18(17)31-21(23)24;/h4-10,16,21H,11-14H2,1-3H3,(H2,25,26,27);1H. The van der Waals surface area contributed by atoms with Gasteiger partial charge in [0.2, 0.25) is 0 Å². The van der Waals surface area contributed by atoms with E-state index < -0.39 is 6.61 Å². The molecule has 0 aliphatic carbocycles. The van der Waals surface area contributed by atoms with Crippen molar-refractivity contribution in [3.8, 4) is 17.2 Å². The van der Waals surface area contributed by atoms with Gasteiger partial charge in [0.25, 0.3) is 0 Å². The van der Waals surface area contributed by atoms with Crippen molar-refractivity contribution in [3.63, 3.8) is 0 Å². The number of hydrogen-bond acceptors (Lipinski definition) is 5. The van der Waals surface area contributed by atoms with Crippen LogP contribution in [-0.2, 0) is 6.54 Å². The molecule has 1 fully saturated rings. The van der Waals surface area contributed by atoms with Crippen molar-refractivity contribution in [2.75, 3.05) is 39.3 Å². The zero-order chi connectivity index (χ0) is 22.2. The Labute approximate surface area is 204 Å². The molecule has 10 heteroatoms. The number of hydrogen-bond donors (Lipinski definition) is 2. The number of ether oxygens (including phenoxy) is 3. The maximum atomic E-state index is 12.7. The Hall–Kier alpha value is -2.50. The number of anilines is 1. The molecule has 1 aliphatic heterocycles. The average Bonchev–Trinajstić information content (AvgIpc) is 3.24. The Morgan fingerprint density at radius 2 is 1.88 bits per heavy atom. The lowest BCUT2D eigenvalue weighted by Crippen LogP contribution is -2.44. The molecule has 1 unspecified atom stereocenters. The zero-order valence-corrected chi connectivity index (χ0v) is 20.6. The number of nitrogens with zero attached hydrogens (tertiary/aromatic N) is 2. The van der Waals surface area contributed by atoms with Crippen molar-refractivity contribution in [2.45, 2.75) is 25.6 Å². The summed E-state index contributed by atoms with van der Waals surface area (Å²) in [5.74, 6) is 2.18. The fourth-order valence-corrected chi connectivity index (χ4v) is 3.67. The van der Waals surface area contributed by atoms with Crippen LogP contribution in [0.4, 0.5) is 14.5 Å². The molecule has 0 amide bonds. The van der Waals surface area contributed by atoms with Crippen molar-refractivity contribution < 1.29 is 23.0 Å². The second-order valence-corrected chi connectivity index (χ2v) is 7.00. The number of guanidine groups is 1. The highest BCUT2D eigenvalue weighted by atomic mass is 127. The molecule has 1 aliphatic rings. The van der Waals surface area contributed by atoms with Gasteiger partial charge in [0.1, 0.15) is 5.75 Å². The Balaban J connectivity index is 0.00000363. The van der Waals surface area contributed by atoms with Gasteiger partial charge >= 0.3 is 6.61 Å². The van der Waals surface area contributed by atoms with E-state index >= 15 is 0 Å². The first-order chi connectivity index (χ1) is 15.0. The monoisotopic (exact) mass is 562 g/mol. The molecule has 2 aromatic carbocycles. The summed E-state index contributed by atoms with van der Waals surface area (Å²) in [6.45, 7) is -0.981. The topological polar surface area (TPSA) is 67.4 Å². The van der Waals surface area contributed by atoms with E-state index in [4.69, 9.17) is 9.47 Å². The van der Waals surface area contributed by atoms with Crippen LogP contribution >= 0.6 is 24.0 Å². The summed E-state index contributed by atoms with van der Waals surface area (Å²) in [5, 5.41) is 6.69. The third kappa shape index (κ3) is 6.50. The number of methoxy groups -OCH3 is 2. The van der Waals surface area contributed by atoms with Crippen molar-refractivity contribution >= 4 is 35.6 Å². The van der Waals surface area contributed by atoms with E-state index in [9.17, 15) is 8.78 Å². The molecule has 1 heterocycles. The Morgan fingerprint density at radius 3 is 2.56 bits per heavy atom. The predicted octanol–water partition coefficient (Wildman–Crippen LogP) is 3.87. The minimum atomic E-state index is -2.85. The van der Waals surface area contributed by atoms with Crippen LogP contribution in [0.5, 0.6) is 17.2 Å². The molecule has 32 heavy (non-hydrogen) atoms. The van der Waals surface area contributed by atoms with Gasteiger partial charge in [-0.2, -0.15) is 8.78 Å². The molecule has 0 aromatic heterocycles. The molecule has 3 rings (SSSR count). The minimum Gasteiger partial charge on any atom is -0.493 e. The van der Waals surface area contributed by atoms with Crippen LogP contribution in [0.15, 0.2) is 47.5 Å². The first-order valence-electron chi connectivity index (χ1n) is 10.0. The number of aliphatic imine (C=N–C) groups is 1. The Bertz CT molecular complexity index is 901. The van der Waals surface area contributed by atoms with Gasteiger partial charge in [0.05, 0.1) is 19.9 Å². The van der Waals surface area contributed by atoms with E-state index in [1.54, 1.807) is 39.5 Å². The highest BCUT2D eigenvalue weighted by molar-refractivity contribution is 14.0. The van der Waals surface area contributed by atoms with E-state index in [0.717, 1.165) is 18.5 Å². The molecule has 0 saturated carbocycles. The van der Waals surface area contributed by atoms with E-state index in [1.165, 1.54) is 0 Å². The quantitative estimate of drug-likeness (QED) is 0.290. The SMILES string of the molecule is CN=C(NCc1cccc(OC)c1OC)NC1CCN(c2ccccc2OC(F)F)C1.I. The molecule has 1 saturated heterocycles. The molecule has 0 bridgehead atoms. The number of rotatable bonds is 8. The number of halogens is 3. The van der Waals surface area contributed by atoms with Gasteiger partial charge < -0.3 is 29.7 Å². The van der Waals surface area contributed by atoms with Gasteiger partial charge in [-0.3, -0.25) is 4.99 Å². The lowest BCUT2D eigenvalue weighted by Gasteiger charge is -2.22. The highest BCUT2D eigenvalue weighted by Crippen LogP contribution is 2.32. The maximum Gasteiger partial charge on any atom is 0.387 e. The third-order valence-electron chi connectivity index (χ3n) is 5.11. The van der Waals surface area contributed by atoms with Crippen LogP contribution in [0.25, 0.3) is 0 Å². The van der Waals surface area contributed by atoms with Crippen LogP contribution in [0.2, 0.25) is 0 Å². The largest absolute Gasteiger partial charge is 0.493 e. The number of para-hydroxylation sites is 3. The second-order valence-electron chi connectivity index (χ2n) is 7.00. The summed E-state index contributed by atoms with van der Waals surface area (Å²) < 4.78 is 40.9. The van der Waals surface area contributed by atoms with E-state index in [0.29, 0.717) is 36.2 Å². The molecule has 2 N–H and O–H groups in total. The van der Waals surface area contributed by atoms with Crippen LogP contribution in [-0.4, -0.2) is 53.0 Å². The molecule has 7 nitrogen and oxygen atoms in total. The van der Waals surface area contributed by atoms with Gasteiger partial charge in [-0.15, -0.1) is 24.0 Å². The van der Waals surface area contributed by atoms with E-state index in [2.05, 4.69) is 20.4 Å². The van der Waals surface area contributed by atoms with Gasteiger partial charge in [-0.1, -0.05) is 24.3 Å². The first-order valence-corrected chi connectivity index (χ1v) is 10.0. The molecular formula is C22H29F2IN4O3. The summed E-state index contributed by atoms with van der Waals surface area (Å²) in [5.41, 5.74) is 1.60. The molecule has 0 spiro atoms. The number of alkyl halides is 2. The normalized spacial score (nSPS) is 15.9. The number of nitrogens with one attached hydrogen (secondary N) is 2. The van der Waals surface area contributed by atoms with Crippen molar-refractivity contribution in [2.24, 2.45) is 4.99 Å². The van der Waals surface area contributed by atoms with Crippen molar-refractivity contribution in [1.82, 2.24) is 10.6 Å². The molecule has 0 radical (unpaired) electrons. The third-order valence-corrected chi connectivity index (χ3v) is 5.11. The van der Waals surface area contributed by atoms with Gasteiger partial charge in [-0.25, -0.2) is 0 Å². The van der Waals surface area contributed by atoms with Crippen LogP contribution in [0, 0.1) is 0 Å². The lowest BCUT2D eigenvalue weighted by atomic mass is 10.2. The minimum absolute atomic E-state index is 0. The van der Waals surface area contributed by atoms with Gasteiger partial charge in [0, 0.05) is 38.3 Å². The lowest BCUT2D eigenvalue weighted by molar-refractivity contribution is -0.0495. The predicted molar refractivity (Wildman–Crippen MR) is 132 cm³/mol. The van der Waals surface area contributed by atoms with Crippen LogP contribution in [0.1, 0.15) is 12.0 Å². The first kappa shape index (κ1) is 25.8. The summed E-state index contributed by atoms with van der Waals surface area (Å²) in [7, 11) is 4.92. The van der Waals surface area contributed by atoms with Gasteiger partial charge in [0.15, 0.2) is 17.5 Å². The highest BCUT2D eigenvalue weighted by Gasteiger charge is 2.26. The summed E-state index contributed by atoms with van der Waals surface area (Å²) in [4.78, 5) is 6.33. The Morgan fingerprint density at radius 1 is 1.12 bits per heavy atom. The van der Waals surface area contributed by atoms with E-state index in [-0.39, 0.29) is 35.8 Å². The van der Waals surface area contributed by atoms with E-state index in [1.807, 2.05) is 29.2 Å². The number of benzene rings is 2. The van der Waals surface area contributed by atoms with Crippen LogP contribution in [0.3, 0.4) is 0 Å². The van der Waals surface area contributed by atoms with Gasteiger partial charge in [-0.05, 0) is 24.6 Å². The second kappa shape index (κ2) is 12.5. The molecule has 176 valence electrons. The fraction of sp³-hybridized carbons (Fsp3) is 0.409. The maximum absolute atomic E-state index is 12.7. The smallest absolute Gasteiger partial charge is 0.387 e. The average molecular weight is 562 g/mol. The van der Waals surface area contributed by atoms with Crippen molar-refractivity contribution in [1.29, 1.82) is 0 Å². The fourth-order valence-electron chi connectivity index (χ4n) is 3.67. The zero-order valence-electron chi connectivity index (χ0n) is 18.3. The molecule has 2 aromatic rings. The molecule has 1 atom stereocenters. The van der Waals surface area contributed by atoms with Crippen molar-refractivity contribution in [3.05, 3.63) is 48.0 Å². The summed E-state index contributed by atoms with van der Waals surface area (Å²) in [6.07, 6.45) is 0.839. The Kier molecular flexibility index (Phi) is 10.1.